The van der Waals surface area contributed by atoms with Gasteiger partial charge in [-0.05, 0) is 23.8 Å². The van der Waals surface area contributed by atoms with Crippen molar-refractivity contribution in [3.63, 3.8) is 0 Å². The first kappa shape index (κ1) is 13.9. The van der Waals surface area contributed by atoms with Gasteiger partial charge in [-0.3, -0.25) is 0 Å². The van der Waals surface area contributed by atoms with E-state index in [0.29, 0.717) is 0 Å². The van der Waals surface area contributed by atoms with Gasteiger partial charge in [0, 0.05) is 7.11 Å². The van der Waals surface area contributed by atoms with Crippen LogP contribution in [0.5, 0.6) is 0 Å². The third kappa shape index (κ3) is 3.66. The van der Waals surface area contributed by atoms with E-state index in [0.717, 1.165) is 5.56 Å². The fraction of sp³-hybridized carbons (Fsp3) is 0.400. The Hall–Kier alpha value is 0.837. The van der Waals surface area contributed by atoms with Gasteiger partial charge in [-0.25, -0.2) is 0 Å². The molecule has 0 unspecified atom stereocenters. The highest BCUT2D eigenvalue weighted by molar-refractivity contribution is 9.38. The van der Waals surface area contributed by atoms with Crippen molar-refractivity contribution in [2.24, 2.45) is 0 Å². The van der Waals surface area contributed by atoms with Crippen LogP contribution in [0, 0.1) is 0 Å². The highest BCUT2D eigenvalue weighted by Crippen LogP contribution is 2.43. The summed E-state index contributed by atoms with van der Waals surface area (Å²) in [6, 6.07) is 8.43. The molecule has 0 aliphatic heterocycles. The van der Waals surface area contributed by atoms with Crippen LogP contribution in [0.25, 0.3) is 0 Å². The van der Waals surface area contributed by atoms with Gasteiger partial charge >= 0.3 is 0 Å². The molecule has 84 valence electrons. The van der Waals surface area contributed by atoms with Gasteiger partial charge in [0.25, 0.3) is 0 Å². The SMILES string of the molecule is CO[Si](C)(C)c1ccc(C(Br)(Br)Br)cc1. The van der Waals surface area contributed by atoms with E-state index in [1.54, 1.807) is 7.11 Å². The van der Waals surface area contributed by atoms with Crippen molar-refractivity contribution in [3.05, 3.63) is 29.8 Å². The summed E-state index contributed by atoms with van der Waals surface area (Å²) in [5.41, 5.74) is 1.13. The van der Waals surface area contributed by atoms with Gasteiger partial charge in [0.2, 0.25) is 8.32 Å². The molecule has 5 heteroatoms. The van der Waals surface area contributed by atoms with Crippen molar-refractivity contribution in [1.82, 2.24) is 0 Å². The minimum Gasteiger partial charge on any atom is -0.416 e. The lowest BCUT2D eigenvalue weighted by Crippen LogP contribution is -2.43. The van der Waals surface area contributed by atoms with Crippen LogP contribution in [0.15, 0.2) is 24.3 Å². The summed E-state index contributed by atoms with van der Waals surface area (Å²) in [4.78, 5) is 0. The van der Waals surface area contributed by atoms with Gasteiger partial charge in [0.1, 0.15) is 0 Å². The molecule has 0 amide bonds. The van der Waals surface area contributed by atoms with E-state index in [1.165, 1.54) is 5.19 Å². The Balaban J connectivity index is 3.01. The fourth-order valence-corrected chi connectivity index (χ4v) is 3.18. The fourth-order valence-electron chi connectivity index (χ4n) is 1.18. The monoisotopic (exact) mass is 414 g/mol. The van der Waals surface area contributed by atoms with Gasteiger partial charge in [0.05, 0.1) is 0 Å². The number of benzene rings is 1. The Bertz CT molecular complexity index is 330. The summed E-state index contributed by atoms with van der Waals surface area (Å²) in [7, 11) is 0.100. The minimum absolute atomic E-state index is 0.329. The first-order chi connectivity index (χ1) is 6.77. The zero-order valence-corrected chi connectivity index (χ0v) is 14.6. The summed E-state index contributed by atoms with van der Waals surface area (Å²) in [5.74, 6) is 0. The molecule has 0 N–H and O–H groups in total. The van der Waals surface area contributed by atoms with Crippen LogP contribution in [0.4, 0.5) is 0 Å². The molecule has 1 aromatic carbocycles. The lowest BCUT2D eigenvalue weighted by molar-refractivity contribution is 0.416. The first-order valence-corrected chi connectivity index (χ1v) is 9.79. The maximum Gasteiger partial charge on any atom is 0.217 e. The van der Waals surface area contributed by atoms with Crippen molar-refractivity contribution in [3.8, 4) is 0 Å². The van der Waals surface area contributed by atoms with Crippen LogP contribution in [0.3, 0.4) is 0 Å². The molecular weight excluding hydrogens is 404 g/mol. The minimum atomic E-state index is -1.68. The van der Waals surface area contributed by atoms with Crippen molar-refractivity contribution >= 4 is 61.3 Å². The normalized spacial score (nSPS) is 12.9. The van der Waals surface area contributed by atoms with Gasteiger partial charge in [-0.1, -0.05) is 72.1 Å². The van der Waals surface area contributed by atoms with Crippen LogP contribution in [-0.4, -0.2) is 15.4 Å². The molecule has 0 aliphatic carbocycles. The summed E-state index contributed by atoms with van der Waals surface area (Å²) in [6.45, 7) is 4.37. The Morgan fingerprint density at radius 2 is 1.53 bits per heavy atom. The molecule has 0 aliphatic rings. The van der Waals surface area contributed by atoms with E-state index in [2.05, 4.69) is 85.1 Å². The van der Waals surface area contributed by atoms with Crippen LogP contribution in [-0.2, 0) is 6.57 Å². The third-order valence-corrected chi connectivity index (χ3v) is 6.54. The molecule has 1 nitrogen and oxygen atoms in total. The maximum atomic E-state index is 5.55. The average molecular weight is 417 g/mol. The molecule has 0 atom stereocenters. The van der Waals surface area contributed by atoms with Crippen molar-refractivity contribution in [2.75, 3.05) is 7.11 Å². The van der Waals surface area contributed by atoms with Crippen molar-refractivity contribution in [1.29, 1.82) is 0 Å². The quantitative estimate of drug-likeness (QED) is 0.522. The standard InChI is InChI=1S/C10H13Br3OSi/c1-14-15(2,3)9-6-4-8(5-7-9)10(11,12)13/h4-7H,1-3H3. The molecule has 1 aromatic rings. The average Bonchev–Trinajstić information content (AvgIpc) is 2.17. The Morgan fingerprint density at radius 1 is 1.07 bits per heavy atom. The molecular formula is C10H13Br3OSi. The highest BCUT2D eigenvalue weighted by Gasteiger charge is 2.25. The van der Waals surface area contributed by atoms with E-state index in [1.807, 2.05) is 0 Å². The van der Waals surface area contributed by atoms with E-state index in [4.69, 9.17) is 4.43 Å². The molecule has 15 heavy (non-hydrogen) atoms. The maximum absolute atomic E-state index is 5.55. The Kier molecular flexibility index (Phi) is 4.63. The van der Waals surface area contributed by atoms with Crippen molar-refractivity contribution < 1.29 is 4.43 Å². The zero-order valence-electron chi connectivity index (χ0n) is 8.85. The molecule has 1 rings (SSSR count). The molecule has 0 saturated heterocycles. The van der Waals surface area contributed by atoms with Crippen molar-refractivity contribution in [2.45, 2.75) is 15.2 Å². The van der Waals surface area contributed by atoms with Gasteiger partial charge in [0.15, 0.2) is 2.14 Å². The molecule has 0 radical (unpaired) electrons. The van der Waals surface area contributed by atoms with Gasteiger partial charge < -0.3 is 4.43 Å². The Labute approximate surface area is 117 Å². The number of rotatable bonds is 2. The summed E-state index contributed by atoms with van der Waals surface area (Å²) < 4.78 is 5.22. The van der Waals surface area contributed by atoms with Crippen LogP contribution >= 0.6 is 47.8 Å². The highest BCUT2D eigenvalue weighted by atomic mass is 80.0. The second-order valence-corrected chi connectivity index (χ2v) is 14.6. The summed E-state index contributed by atoms with van der Waals surface area (Å²) in [6.07, 6.45) is 0. The van der Waals surface area contributed by atoms with E-state index < -0.39 is 8.32 Å². The lowest BCUT2D eigenvalue weighted by Gasteiger charge is -2.21. The Morgan fingerprint density at radius 3 is 1.87 bits per heavy atom. The van der Waals surface area contributed by atoms with E-state index in [9.17, 15) is 0 Å². The predicted molar refractivity (Wildman–Crippen MR) is 79.0 cm³/mol. The zero-order chi connectivity index (χ0) is 11.7. The molecule has 0 aromatic heterocycles. The van der Waals surface area contributed by atoms with E-state index in [-0.39, 0.29) is 2.14 Å². The van der Waals surface area contributed by atoms with E-state index >= 15 is 0 Å². The molecule has 0 fully saturated rings. The molecule has 0 spiro atoms. The third-order valence-electron chi connectivity index (χ3n) is 2.42. The first-order valence-electron chi connectivity index (χ1n) is 4.50. The smallest absolute Gasteiger partial charge is 0.217 e. The molecule has 0 saturated carbocycles. The predicted octanol–water partition coefficient (Wildman–Crippen LogP) is 4.04. The van der Waals surface area contributed by atoms with Crippen LogP contribution < -0.4 is 5.19 Å². The largest absolute Gasteiger partial charge is 0.416 e. The summed E-state index contributed by atoms with van der Waals surface area (Å²) in [5, 5.41) is 1.30. The molecule has 0 bridgehead atoms. The molecule has 0 heterocycles. The van der Waals surface area contributed by atoms with Crippen LogP contribution in [0.1, 0.15) is 5.56 Å². The second kappa shape index (κ2) is 5.00. The summed E-state index contributed by atoms with van der Waals surface area (Å²) >= 11 is 10.5. The topological polar surface area (TPSA) is 9.23 Å². The second-order valence-electron chi connectivity index (χ2n) is 3.79. The number of hydrogen-bond donors (Lipinski definition) is 0. The lowest BCUT2D eigenvalue weighted by atomic mass is 10.2. The van der Waals surface area contributed by atoms with Gasteiger partial charge in [-0.15, -0.1) is 0 Å². The van der Waals surface area contributed by atoms with Crippen LogP contribution in [0.2, 0.25) is 13.1 Å². The van der Waals surface area contributed by atoms with Gasteiger partial charge in [-0.2, -0.15) is 0 Å². The number of alkyl halides is 3. The number of hydrogen-bond acceptors (Lipinski definition) is 1. The number of halogens is 3.